The maximum Gasteiger partial charge on any atom is 0.339 e. The predicted molar refractivity (Wildman–Crippen MR) is 130 cm³/mol. The summed E-state index contributed by atoms with van der Waals surface area (Å²) < 4.78 is 10.9. The second-order valence-corrected chi connectivity index (χ2v) is 10.5. The molecule has 0 radical (unpaired) electrons. The van der Waals surface area contributed by atoms with Crippen molar-refractivity contribution in [1.82, 2.24) is 4.98 Å². The Morgan fingerprint density at radius 3 is 2.24 bits per heavy atom. The van der Waals surface area contributed by atoms with Gasteiger partial charge in [-0.3, -0.25) is 4.79 Å². The Balaban J connectivity index is 1.25. The normalized spacial score (nSPS) is 27.0. The van der Waals surface area contributed by atoms with Crippen molar-refractivity contribution in [1.29, 1.82) is 0 Å². The molecule has 7 rings (SSSR count). The molecule has 174 valence electrons. The molecule has 1 aromatic heterocycles. The zero-order chi connectivity index (χ0) is 23.3. The summed E-state index contributed by atoms with van der Waals surface area (Å²) in [6.45, 7) is -0.139. The Morgan fingerprint density at radius 1 is 0.941 bits per heavy atom. The van der Waals surface area contributed by atoms with Gasteiger partial charge >= 0.3 is 5.97 Å². The highest BCUT2D eigenvalue weighted by Gasteiger charge is 2.54. The van der Waals surface area contributed by atoms with Crippen molar-refractivity contribution < 1.29 is 19.1 Å². The summed E-state index contributed by atoms with van der Waals surface area (Å²) >= 11 is 0. The summed E-state index contributed by atoms with van der Waals surface area (Å²) in [6.07, 6.45) is 6.79. The molecule has 0 unspecified atom stereocenters. The summed E-state index contributed by atoms with van der Waals surface area (Å²) in [5, 5.41) is 0.729. The van der Waals surface area contributed by atoms with E-state index in [4.69, 9.17) is 14.5 Å². The minimum Gasteiger partial charge on any atom is -0.497 e. The van der Waals surface area contributed by atoms with Gasteiger partial charge in [0.2, 0.25) is 0 Å². The fourth-order valence-corrected chi connectivity index (χ4v) is 7.07. The molecule has 0 atom stereocenters. The Labute approximate surface area is 199 Å². The molecular formula is C29H29NO4. The number of benzene rings is 2. The van der Waals surface area contributed by atoms with Crippen LogP contribution in [0.3, 0.4) is 0 Å². The molecule has 4 aliphatic carbocycles. The zero-order valence-electron chi connectivity index (χ0n) is 19.5. The van der Waals surface area contributed by atoms with Crippen LogP contribution in [0.2, 0.25) is 0 Å². The van der Waals surface area contributed by atoms with Crippen LogP contribution in [0, 0.1) is 23.2 Å². The number of para-hydroxylation sites is 1. The number of hydrogen-bond acceptors (Lipinski definition) is 5. The van der Waals surface area contributed by atoms with E-state index >= 15 is 0 Å². The Hall–Kier alpha value is -3.21. The summed E-state index contributed by atoms with van der Waals surface area (Å²) in [5.74, 6) is 2.46. The van der Waals surface area contributed by atoms with Gasteiger partial charge in [0, 0.05) is 16.4 Å². The van der Waals surface area contributed by atoms with Crippen LogP contribution in [-0.4, -0.2) is 30.5 Å². The third-order valence-corrected chi connectivity index (χ3v) is 8.29. The summed E-state index contributed by atoms with van der Waals surface area (Å²) in [4.78, 5) is 31.3. The van der Waals surface area contributed by atoms with Gasteiger partial charge in [0.25, 0.3) is 0 Å². The molecule has 3 aromatic rings. The van der Waals surface area contributed by atoms with E-state index in [9.17, 15) is 9.59 Å². The van der Waals surface area contributed by atoms with Gasteiger partial charge in [0.15, 0.2) is 12.4 Å². The molecule has 0 N–H and O–H groups in total. The maximum absolute atomic E-state index is 13.3. The summed E-state index contributed by atoms with van der Waals surface area (Å²) in [6, 6.07) is 16.9. The third-order valence-electron chi connectivity index (χ3n) is 8.29. The number of ketones is 1. The first-order chi connectivity index (χ1) is 16.5. The summed E-state index contributed by atoms with van der Waals surface area (Å²) in [7, 11) is 1.63. The monoisotopic (exact) mass is 455 g/mol. The number of hydrogen-bond donors (Lipinski definition) is 0. The number of ether oxygens (including phenoxy) is 2. The van der Waals surface area contributed by atoms with Gasteiger partial charge in [0.05, 0.1) is 23.9 Å². The van der Waals surface area contributed by atoms with Gasteiger partial charge < -0.3 is 9.47 Å². The number of aromatic nitrogens is 1. The number of methoxy groups -OCH3 is 1. The SMILES string of the molecule is COc1ccc(-c2cc(C(=O)OCC(=O)C34CC5CC(CC(C5)C3)C4)c3ccccc3n2)cc1. The minimum absolute atomic E-state index is 0.119. The second-order valence-electron chi connectivity index (χ2n) is 10.5. The number of nitrogens with zero attached hydrogens (tertiary/aromatic N) is 1. The predicted octanol–water partition coefficient (Wildman–Crippen LogP) is 5.85. The van der Waals surface area contributed by atoms with E-state index in [1.807, 2.05) is 48.5 Å². The molecule has 5 heteroatoms. The fraction of sp³-hybridized carbons (Fsp3) is 0.414. The fourth-order valence-electron chi connectivity index (χ4n) is 7.07. The van der Waals surface area contributed by atoms with Gasteiger partial charge in [0.1, 0.15) is 5.75 Å². The van der Waals surface area contributed by atoms with Crippen molar-refractivity contribution in [3.8, 4) is 17.0 Å². The first-order valence-corrected chi connectivity index (χ1v) is 12.3. The lowest BCUT2D eigenvalue weighted by Gasteiger charge is -2.55. The highest BCUT2D eigenvalue weighted by Crippen LogP contribution is 2.60. The Bertz CT molecular complexity index is 1230. The average molecular weight is 456 g/mol. The number of Topliss-reactive ketones (excluding diaryl/α,β-unsaturated/α-hetero) is 1. The topological polar surface area (TPSA) is 65.5 Å². The van der Waals surface area contributed by atoms with Gasteiger partial charge in [-0.1, -0.05) is 18.2 Å². The highest BCUT2D eigenvalue weighted by molar-refractivity contribution is 6.05. The molecule has 2 aromatic carbocycles. The summed E-state index contributed by atoms with van der Waals surface area (Å²) in [5.41, 5.74) is 2.46. The zero-order valence-corrected chi connectivity index (χ0v) is 19.5. The van der Waals surface area contributed by atoms with Crippen LogP contribution in [0.25, 0.3) is 22.2 Å². The highest BCUT2D eigenvalue weighted by atomic mass is 16.5. The van der Waals surface area contributed by atoms with Gasteiger partial charge in [-0.15, -0.1) is 0 Å². The van der Waals surface area contributed by atoms with E-state index in [0.29, 0.717) is 29.0 Å². The molecule has 0 aliphatic heterocycles. The first kappa shape index (κ1) is 21.3. The van der Waals surface area contributed by atoms with E-state index in [1.165, 1.54) is 19.3 Å². The molecule has 5 nitrogen and oxygen atoms in total. The average Bonchev–Trinajstić information content (AvgIpc) is 2.85. The molecule has 0 saturated heterocycles. The number of carbonyl (C=O) groups excluding carboxylic acids is 2. The Morgan fingerprint density at radius 2 is 1.59 bits per heavy atom. The van der Waals surface area contributed by atoms with E-state index in [-0.39, 0.29) is 17.8 Å². The number of rotatable bonds is 6. The number of carbonyl (C=O) groups is 2. The van der Waals surface area contributed by atoms with Crippen molar-refractivity contribution in [2.24, 2.45) is 23.2 Å². The largest absolute Gasteiger partial charge is 0.497 e. The Kier molecular flexibility index (Phi) is 5.16. The molecule has 0 spiro atoms. The van der Waals surface area contributed by atoms with Crippen LogP contribution in [-0.2, 0) is 9.53 Å². The molecule has 4 fully saturated rings. The third kappa shape index (κ3) is 3.67. The van der Waals surface area contributed by atoms with Crippen molar-refractivity contribution in [3.05, 3.63) is 60.2 Å². The standard InChI is InChI=1S/C29H29NO4/c1-33-22-8-6-21(7-9-22)26-13-24(23-4-2-3-5-25(23)30-26)28(32)34-17-27(31)29-14-18-10-19(15-29)12-20(11-18)16-29/h2-9,13,18-20H,10-12,14-17H2,1H3. The van der Waals surface area contributed by atoms with Crippen molar-refractivity contribution in [3.63, 3.8) is 0 Å². The lowest BCUT2D eigenvalue weighted by atomic mass is 9.48. The second kappa shape index (κ2) is 8.23. The first-order valence-electron chi connectivity index (χ1n) is 12.3. The molecule has 0 amide bonds. The minimum atomic E-state index is -0.466. The molecule has 4 aliphatic rings. The number of esters is 1. The van der Waals surface area contributed by atoms with Crippen LogP contribution in [0.1, 0.15) is 48.9 Å². The van der Waals surface area contributed by atoms with Crippen molar-refractivity contribution >= 4 is 22.7 Å². The van der Waals surface area contributed by atoms with Crippen molar-refractivity contribution in [2.75, 3.05) is 13.7 Å². The number of pyridine rings is 1. The quantitative estimate of drug-likeness (QED) is 0.436. The van der Waals surface area contributed by atoms with Crippen LogP contribution in [0.4, 0.5) is 0 Å². The van der Waals surface area contributed by atoms with Crippen LogP contribution in [0.15, 0.2) is 54.6 Å². The van der Waals surface area contributed by atoms with E-state index in [0.717, 1.165) is 41.5 Å². The molecule has 4 bridgehead atoms. The smallest absolute Gasteiger partial charge is 0.339 e. The van der Waals surface area contributed by atoms with Gasteiger partial charge in [-0.2, -0.15) is 0 Å². The van der Waals surface area contributed by atoms with Gasteiger partial charge in [-0.05, 0) is 92.7 Å². The van der Waals surface area contributed by atoms with Crippen LogP contribution < -0.4 is 4.74 Å². The molecule has 4 saturated carbocycles. The molecular weight excluding hydrogens is 426 g/mol. The van der Waals surface area contributed by atoms with Crippen molar-refractivity contribution in [2.45, 2.75) is 38.5 Å². The molecule has 34 heavy (non-hydrogen) atoms. The van der Waals surface area contributed by atoms with E-state index in [1.54, 1.807) is 13.2 Å². The van der Waals surface area contributed by atoms with Gasteiger partial charge in [-0.25, -0.2) is 9.78 Å². The molecule has 1 heterocycles. The van der Waals surface area contributed by atoms with Crippen LogP contribution >= 0.6 is 0 Å². The lowest BCUT2D eigenvalue weighted by Crippen LogP contribution is -2.51. The van der Waals surface area contributed by atoms with E-state index < -0.39 is 5.97 Å². The van der Waals surface area contributed by atoms with Crippen LogP contribution in [0.5, 0.6) is 5.75 Å². The van der Waals surface area contributed by atoms with E-state index in [2.05, 4.69) is 0 Å². The number of fused-ring (bicyclic) bond motifs is 1. The maximum atomic E-state index is 13.3. The lowest BCUT2D eigenvalue weighted by molar-refractivity contribution is -0.147.